The fraction of sp³-hybridized carbons (Fsp3) is 0.235. The van der Waals surface area contributed by atoms with Gasteiger partial charge in [-0.1, -0.05) is 30.3 Å². The highest BCUT2D eigenvalue weighted by atomic mass is 16.6. The number of rotatable bonds is 3. The van der Waals surface area contributed by atoms with Gasteiger partial charge in [0.05, 0.1) is 18.1 Å². The topological polar surface area (TPSA) is 81.5 Å². The molecule has 1 fully saturated rings. The Balaban J connectivity index is 0.000000268. The number of nitrogens with one attached hydrogen (secondary N) is 1. The van der Waals surface area contributed by atoms with Crippen LogP contribution in [-0.2, 0) is 4.74 Å². The molecule has 0 bridgehead atoms. The summed E-state index contributed by atoms with van der Waals surface area (Å²) in [5.41, 5.74) is 0.998. The number of nitro benzene ring substituents is 1. The van der Waals surface area contributed by atoms with Crippen LogP contribution < -0.4 is 5.32 Å². The molecule has 1 saturated heterocycles. The van der Waals surface area contributed by atoms with E-state index < -0.39 is 4.92 Å². The van der Waals surface area contributed by atoms with Gasteiger partial charge < -0.3 is 10.1 Å². The van der Waals surface area contributed by atoms with E-state index in [0.717, 1.165) is 26.3 Å². The second-order valence-electron chi connectivity index (χ2n) is 4.86. The summed E-state index contributed by atoms with van der Waals surface area (Å²) in [5, 5.41) is 13.6. The van der Waals surface area contributed by atoms with Crippen LogP contribution in [0.3, 0.4) is 0 Å². The second kappa shape index (κ2) is 8.77. The first-order valence-corrected chi connectivity index (χ1v) is 7.31. The highest BCUT2D eigenvalue weighted by Gasteiger charge is 2.10. The first-order valence-electron chi connectivity index (χ1n) is 7.31. The number of ketones is 1. The minimum atomic E-state index is -0.489. The molecule has 6 heteroatoms. The summed E-state index contributed by atoms with van der Waals surface area (Å²) in [7, 11) is 0. The maximum atomic E-state index is 12.0. The van der Waals surface area contributed by atoms with Crippen LogP contribution in [-0.4, -0.2) is 37.0 Å². The molecular weight excluding hydrogens is 296 g/mol. The zero-order valence-corrected chi connectivity index (χ0v) is 12.6. The van der Waals surface area contributed by atoms with E-state index in [2.05, 4.69) is 5.32 Å². The molecule has 2 aromatic rings. The molecule has 0 amide bonds. The van der Waals surface area contributed by atoms with E-state index in [0.29, 0.717) is 11.1 Å². The lowest BCUT2D eigenvalue weighted by molar-refractivity contribution is -0.384. The summed E-state index contributed by atoms with van der Waals surface area (Å²) >= 11 is 0. The lowest BCUT2D eigenvalue weighted by atomic mass is 10.0. The fourth-order valence-electron chi connectivity index (χ4n) is 2.01. The molecule has 0 spiro atoms. The van der Waals surface area contributed by atoms with Gasteiger partial charge in [-0.3, -0.25) is 14.9 Å². The van der Waals surface area contributed by atoms with Crippen LogP contribution in [0.1, 0.15) is 15.9 Å². The van der Waals surface area contributed by atoms with E-state index in [9.17, 15) is 14.9 Å². The molecule has 0 unspecified atom stereocenters. The van der Waals surface area contributed by atoms with Crippen molar-refractivity contribution >= 4 is 11.5 Å². The Hall–Kier alpha value is -2.57. The molecule has 23 heavy (non-hydrogen) atoms. The molecule has 1 aliphatic heterocycles. The quantitative estimate of drug-likeness (QED) is 0.534. The van der Waals surface area contributed by atoms with Crippen LogP contribution in [0, 0.1) is 10.1 Å². The Morgan fingerprint density at radius 1 is 0.957 bits per heavy atom. The minimum Gasteiger partial charge on any atom is -0.379 e. The molecule has 2 aromatic carbocycles. The Bertz CT molecular complexity index is 626. The highest BCUT2D eigenvalue weighted by molar-refractivity contribution is 6.09. The third-order valence-electron chi connectivity index (χ3n) is 3.22. The number of benzene rings is 2. The molecular formula is C17H18N2O4. The molecule has 0 aliphatic carbocycles. The molecule has 0 atom stereocenters. The number of hydrogen-bond acceptors (Lipinski definition) is 5. The van der Waals surface area contributed by atoms with Gasteiger partial charge in [0.25, 0.3) is 5.69 Å². The molecule has 1 heterocycles. The van der Waals surface area contributed by atoms with Crippen molar-refractivity contribution in [1.82, 2.24) is 5.32 Å². The summed E-state index contributed by atoms with van der Waals surface area (Å²) < 4.78 is 5.01. The van der Waals surface area contributed by atoms with Crippen LogP contribution >= 0.6 is 0 Å². The summed E-state index contributed by atoms with van der Waals surface area (Å²) in [6.45, 7) is 3.83. The zero-order chi connectivity index (χ0) is 16.5. The predicted molar refractivity (Wildman–Crippen MR) is 86.7 cm³/mol. The number of ether oxygens (including phenoxy) is 1. The number of nitro groups is 1. The van der Waals surface area contributed by atoms with Crippen LogP contribution in [0.4, 0.5) is 5.69 Å². The monoisotopic (exact) mass is 314 g/mol. The van der Waals surface area contributed by atoms with Gasteiger partial charge in [-0.05, 0) is 12.1 Å². The standard InChI is InChI=1S/C13H9NO3.C4H9NO/c15-13(10-4-2-1-3-5-10)11-6-8-12(9-7-11)14(16)17;1-3-6-4-2-5-1/h1-9H;5H,1-4H2. The van der Waals surface area contributed by atoms with Crippen molar-refractivity contribution < 1.29 is 14.5 Å². The van der Waals surface area contributed by atoms with Gasteiger partial charge in [-0.15, -0.1) is 0 Å². The van der Waals surface area contributed by atoms with Gasteiger partial charge in [-0.2, -0.15) is 0 Å². The zero-order valence-electron chi connectivity index (χ0n) is 12.6. The van der Waals surface area contributed by atoms with Crippen LogP contribution in [0.25, 0.3) is 0 Å². The van der Waals surface area contributed by atoms with Gasteiger partial charge in [0.2, 0.25) is 0 Å². The second-order valence-corrected chi connectivity index (χ2v) is 4.86. The molecule has 3 rings (SSSR count). The minimum absolute atomic E-state index is 0.0189. The van der Waals surface area contributed by atoms with Gasteiger partial charge in [0.1, 0.15) is 0 Å². The van der Waals surface area contributed by atoms with Crippen molar-refractivity contribution in [3.05, 3.63) is 75.8 Å². The molecule has 0 aromatic heterocycles. The summed E-state index contributed by atoms with van der Waals surface area (Å²) in [6.07, 6.45) is 0. The van der Waals surface area contributed by atoms with E-state index in [1.165, 1.54) is 24.3 Å². The first kappa shape index (κ1) is 16.8. The molecule has 120 valence electrons. The molecule has 0 radical (unpaired) electrons. The number of nitrogens with zero attached hydrogens (tertiary/aromatic N) is 1. The maximum absolute atomic E-state index is 12.0. The third kappa shape index (κ3) is 5.28. The Morgan fingerprint density at radius 3 is 1.96 bits per heavy atom. The third-order valence-corrected chi connectivity index (χ3v) is 3.22. The van der Waals surface area contributed by atoms with Crippen molar-refractivity contribution in [2.45, 2.75) is 0 Å². The van der Waals surface area contributed by atoms with Crippen LogP contribution in [0.15, 0.2) is 54.6 Å². The number of non-ortho nitro benzene ring substituents is 1. The average molecular weight is 314 g/mol. The normalized spacial score (nSPS) is 13.6. The summed E-state index contributed by atoms with van der Waals surface area (Å²) in [6, 6.07) is 14.4. The molecule has 6 nitrogen and oxygen atoms in total. The Kier molecular flexibility index (Phi) is 6.40. The van der Waals surface area contributed by atoms with E-state index >= 15 is 0 Å². The maximum Gasteiger partial charge on any atom is 0.269 e. The van der Waals surface area contributed by atoms with Crippen molar-refractivity contribution in [1.29, 1.82) is 0 Å². The van der Waals surface area contributed by atoms with Gasteiger partial charge in [0.15, 0.2) is 5.78 Å². The SMILES string of the molecule is C1COCCN1.O=C(c1ccccc1)c1ccc([N+](=O)[O-])cc1. The molecule has 1 N–H and O–H groups in total. The smallest absolute Gasteiger partial charge is 0.269 e. The van der Waals surface area contributed by atoms with E-state index in [-0.39, 0.29) is 11.5 Å². The van der Waals surface area contributed by atoms with E-state index in [1.807, 2.05) is 6.07 Å². The Morgan fingerprint density at radius 2 is 1.52 bits per heavy atom. The fourth-order valence-corrected chi connectivity index (χ4v) is 2.01. The van der Waals surface area contributed by atoms with Gasteiger partial charge in [-0.25, -0.2) is 0 Å². The Labute approximate surface area is 134 Å². The van der Waals surface area contributed by atoms with Gasteiger partial charge >= 0.3 is 0 Å². The number of carbonyl (C=O) groups is 1. The molecule has 0 saturated carbocycles. The molecule has 1 aliphatic rings. The van der Waals surface area contributed by atoms with Crippen molar-refractivity contribution in [2.75, 3.05) is 26.3 Å². The number of morpholine rings is 1. The van der Waals surface area contributed by atoms with Crippen molar-refractivity contribution in [3.8, 4) is 0 Å². The summed E-state index contributed by atoms with van der Waals surface area (Å²) in [5.74, 6) is -0.138. The van der Waals surface area contributed by atoms with Crippen LogP contribution in [0.5, 0.6) is 0 Å². The highest BCUT2D eigenvalue weighted by Crippen LogP contribution is 2.15. The average Bonchev–Trinajstić information content (AvgIpc) is 2.64. The van der Waals surface area contributed by atoms with Crippen LogP contribution in [0.2, 0.25) is 0 Å². The lowest BCUT2D eigenvalue weighted by Gasteiger charge is -2.10. The number of carbonyl (C=O) groups excluding carboxylic acids is 1. The summed E-state index contributed by atoms with van der Waals surface area (Å²) in [4.78, 5) is 21.9. The lowest BCUT2D eigenvalue weighted by Crippen LogP contribution is -2.30. The van der Waals surface area contributed by atoms with Gasteiger partial charge in [0, 0.05) is 36.3 Å². The van der Waals surface area contributed by atoms with Crippen molar-refractivity contribution in [3.63, 3.8) is 0 Å². The van der Waals surface area contributed by atoms with E-state index in [4.69, 9.17) is 4.74 Å². The predicted octanol–water partition coefficient (Wildman–Crippen LogP) is 2.43. The van der Waals surface area contributed by atoms with E-state index in [1.54, 1.807) is 24.3 Å². The largest absolute Gasteiger partial charge is 0.379 e. The van der Waals surface area contributed by atoms with Crippen molar-refractivity contribution in [2.24, 2.45) is 0 Å². The first-order chi connectivity index (χ1) is 11.2. The number of hydrogen-bond donors (Lipinski definition) is 1.